The molecule has 0 radical (unpaired) electrons. The number of nitrogens with zero attached hydrogens (tertiary/aromatic N) is 2. The van der Waals surface area contributed by atoms with Gasteiger partial charge in [-0.05, 0) is 37.1 Å². The molecule has 4 nitrogen and oxygen atoms in total. The van der Waals surface area contributed by atoms with Crippen LogP contribution in [0.3, 0.4) is 0 Å². The zero-order chi connectivity index (χ0) is 18.9. The molecule has 27 heavy (non-hydrogen) atoms. The molecule has 0 aromatic heterocycles. The largest absolute Gasteiger partial charge is 0.363 e. The summed E-state index contributed by atoms with van der Waals surface area (Å²) in [5.41, 5.74) is 0.591. The number of benzene rings is 2. The Kier molecular flexibility index (Phi) is 4.93. The predicted octanol–water partition coefficient (Wildman–Crippen LogP) is 3.36. The zero-order valence-electron chi connectivity index (χ0n) is 15.0. The van der Waals surface area contributed by atoms with E-state index in [1.54, 1.807) is 4.90 Å². The lowest BCUT2D eigenvalue weighted by Gasteiger charge is -2.47. The first kappa shape index (κ1) is 18.1. The maximum absolute atomic E-state index is 13.9. The standard InChI is InChI=1S/C21H22F2N2O2/c22-18-7-4-8-19(23)17(18)13-24-11-9-21(10-12-24)15-25(20(26)14-27-21)16-5-2-1-3-6-16/h1-8H,9-15H2. The number of halogens is 2. The molecule has 6 heteroatoms. The highest BCUT2D eigenvalue weighted by Crippen LogP contribution is 2.33. The average Bonchev–Trinajstić information content (AvgIpc) is 2.69. The van der Waals surface area contributed by atoms with Gasteiger partial charge in [0.1, 0.15) is 18.2 Å². The van der Waals surface area contributed by atoms with E-state index in [2.05, 4.69) is 0 Å². The van der Waals surface area contributed by atoms with Gasteiger partial charge in [0, 0.05) is 30.9 Å². The Morgan fingerprint density at radius 1 is 0.963 bits per heavy atom. The molecule has 2 aromatic carbocycles. The van der Waals surface area contributed by atoms with Crippen LogP contribution in [0.1, 0.15) is 18.4 Å². The van der Waals surface area contributed by atoms with Crippen LogP contribution in [-0.2, 0) is 16.1 Å². The van der Waals surface area contributed by atoms with E-state index in [1.807, 2.05) is 35.2 Å². The number of carbonyl (C=O) groups excluding carboxylic acids is 1. The first-order valence-corrected chi connectivity index (χ1v) is 9.21. The fraction of sp³-hybridized carbons (Fsp3) is 0.381. The number of amides is 1. The highest BCUT2D eigenvalue weighted by molar-refractivity contribution is 5.95. The van der Waals surface area contributed by atoms with Crippen LogP contribution in [0.4, 0.5) is 14.5 Å². The fourth-order valence-electron chi connectivity index (χ4n) is 3.89. The third-order valence-corrected chi connectivity index (χ3v) is 5.53. The lowest BCUT2D eigenvalue weighted by molar-refractivity contribution is -0.145. The number of ether oxygens (including phenoxy) is 1. The van der Waals surface area contributed by atoms with Crippen molar-refractivity contribution in [1.82, 2.24) is 4.90 Å². The Hall–Kier alpha value is -2.31. The minimum atomic E-state index is -0.509. The van der Waals surface area contributed by atoms with Crippen molar-refractivity contribution in [2.75, 3.05) is 31.1 Å². The number of morpholine rings is 1. The van der Waals surface area contributed by atoms with Crippen LogP contribution in [0, 0.1) is 11.6 Å². The number of hydrogen-bond donors (Lipinski definition) is 0. The van der Waals surface area contributed by atoms with Crippen LogP contribution in [0.5, 0.6) is 0 Å². The summed E-state index contributed by atoms with van der Waals surface area (Å²) >= 11 is 0. The Bertz CT molecular complexity index is 800. The van der Waals surface area contributed by atoms with E-state index in [1.165, 1.54) is 18.2 Å². The molecule has 1 amide bonds. The van der Waals surface area contributed by atoms with Gasteiger partial charge in [-0.1, -0.05) is 24.3 Å². The molecule has 0 aliphatic carbocycles. The minimum absolute atomic E-state index is 0.0392. The van der Waals surface area contributed by atoms with E-state index in [-0.39, 0.29) is 24.6 Å². The SMILES string of the molecule is O=C1COC2(CCN(Cc3c(F)cccc3F)CC2)CN1c1ccccc1. The van der Waals surface area contributed by atoms with Crippen molar-refractivity contribution in [3.05, 3.63) is 65.7 Å². The number of para-hydroxylation sites is 1. The van der Waals surface area contributed by atoms with Gasteiger partial charge in [0.05, 0.1) is 12.1 Å². The monoisotopic (exact) mass is 372 g/mol. The van der Waals surface area contributed by atoms with Crippen LogP contribution >= 0.6 is 0 Å². The maximum Gasteiger partial charge on any atom is 0.253 e. The minimum Gasteiger partial charge on any atom is -0.363 e. The molecule has 0 saturated carbocycles. The smallest absolute Gasteiger partial charge is 0.253 e. The van der Waals surface area contributed by atoms with E-state index in [9.17, 15) is 13.6 Å². The molecule has 4 rings (SSSR count). The molecule has 2 saturated heterocycles. The summed E-state index contributed by atoms with van der Waals surface area (Å²) in [6, 6.07) is 13.6. The number of rotatable bonds is 3. The van der Waals surface area contributed by atoms with Crippen molar-refractivity contribution < 1.29 is 18.3 Å². The summed E-state index contributed by atoms with van der Waals surface area (Å²) in [5.74, 6) is -1.06. The second-order valence-corrected chi connectivity index (χ2v) is 7.26. The van der Waals surface area contributed by atoms with Crippen LogP contribution in [-0.4, -0.2) is 42.6 Å². The van der Waals surface area contributed by atoms with E-state index >= 15 is 0 Å². The van der Waals surface area contributed by atoms with Gasteiger partial charge < -0.3 is 9.64 Å². The molecule has 2 aliphatic rings. The van der Waals surface area contributed by atoms with Crippen molar-refractivity contribution >= 4 is 11.6 Å². The van der Waals surface area contributed by atoms with Crippen molar-refractivity contribution in [1.29, 1.82) is 0 Å². The van der Waals surface area contributed by atoms with Gasteiger partial charge in [-0.2, -0.15) is 0 Å². The van der Waals surface area contributed by atoms with E-state index in [0.29, 0.717) is 19.6 Å². The van der Waals surface area contributed by atoms with Gasteiger partial charge in [-0.15, -0.1) is 0 Å². The Labute approximate surface area is 157 Å². The lowest BCUT2D eigenvalue weighted by Crippen LogP contribution is -2.58. The molecule has 2 aliphatic heterocycles. The summed E-state index contributed by atoms with van der Waals surface area (Å²) in [4.78, 5) is 16.1. The van der Waals surface area contributed by atoms with Gasteiger partial charge in [-0.3, -0.25) is 9.69 Å². The summed E-state index contributed by atoms with van der Waals surface area (Å²) in [7, 11) is 0. The molecule has 1 spiro atoms. The molecule has 2 fully saturated rings. The van der Waals surface area contributed by atoms with Gasteiger partial charge in [0.15, 0.2) is 0 Å². The van der Waals surface area contributed by atoms with Crippen LogP contribution in [0.15, 0.2) is 48.5 Å². The number of anilines is 1. The van der Waals surface area contributed by atoms with Crippen molar-refractivity contribution in [2.45, 2.75) is 25.0 Å². The Morgan fingerprint density at radius 2 is 1.63 bits per heavy atom. The molecule has 2 aromatic rings. The molecule has 0 bridgehead atoms. The maximum atomic E-state index is 13.9. The van der Waals surface area contributed by atoms with Gasteiger partial charge in [0.25, 0.3) is 5.91 Å². The third-order valence-electron chi connectivity index (χ3n) is 5.53. The quantitative estimate of drug-likeness (QED) is 0.828. The first-order chi connectivity index (χ1) is 13.1. The Balaban J connectivity index is 1.43. The van der Waals surface area contributed by atoms with Gasteiger partial charge >= 0.3 is 0 Å². The Morgan fingerprint density at radius 3 is 2.30 bits per heavy atom. The summed E-state index contributed by atoms with van der Waals surface area (Å²) in [6.07, 6.45) is 1.44. The molecule has 0 N–H and O–H groups in total. The van der Waals surface area contributed by atoms with Crippen molar-refractivity contribution in [2.24, 2.45) is 0 Å². The highest BCUT2D eigenvalue weighted by Gasteiger charge is 2.42. The average molecular weight is 372 g/mol. The zero-order valence-corrected chi connectivity index (χ0v) is 15.0. The topological polar surface area (TPSA) is 32.8 Å². The summed E-state index contributed by atoms with van der Waals surface area (Å²) in [6.45, 7) is 2.17. The lowest BCUT2D eigenvalue weighted by atomic mass is 9.88. The molecular weight excluding hydrogens is 350 g/mol. The van der Waals surface area contributed by atoms with Crippen LogP contribution < -0.4 is 4.90 Å². The van der Waals surface area contributed by atoms with Gasteiger partial charge in [0.2, 0.25) is 0 Å². The normalized spacial score (nSPS) is 20.2. The van der Waals surface area contributed by atoms with E-state index < -0.39 is 17.2 Å². The predicted molar refractivity (Wildman–Crippen MR) is 98.3 cm³/mol. The van der Waals surface area contributed by atoms with Crippen LogP contribution in [0.25, 0.3) is 0 Å². The van der Waals surface area contributed by atoms with Crippen molar-refractivity contribution in [3.63, 3.8) is 0 Å². The molecule has 0 unspecified atom stereocenters. The summed E-state index contributed by atoms with van der Waals surface area (Å²) < 4.78 is 33.8. The first-order valence-electron chi connectivity index (χ1n) is 9.21. The van der Waals surface area contributed by atoms with Crippen LogP contribution in [0.2, 0.25) is 0 Å². The fourth-order valence-corrected chi connectivity index (χ4v) is 3.89. The van der Waals surface area contributed by atoms with Gasteiger partial charge in [-0.25, -0.2) is 8.78 Å². The summed E-state index contributed by atoms with van der Waals surface area (Å²) in [5, 5.41) is 0. The highest BCUT2D eigenvalue weighted by atomic mass is 19.1. The molecular formula is C21H22F2N2O2. The second-order valence-electron chi connectivity index (χ2n) is 7.26. The number of piperidine rings is 1. The number of hydrogen-bond acceptors (Lipinski definition) is 3. The molecule has 2 heterocycles. The second kappa shape index (κ2) is 7.37. The molecule has 0 atom stereocenters. The van der Waals surface area contributed by atoms with Crippen molar-refractivity contribution in [3.8, 4) is 0 Å². The number of carbonyl (C=O) groups is 1. The number of likely N-dealkylation sites (tertiary alicyclic amines) is 1. The van der Waals surface area contributed by atoms with E-state index in [4.69, 9.17) is 4.74 Å². The third kappa shape index (κ3) is 3.73. The molecule has 142 valence electrons. The van der Waals surface area contributed by atoms with E-state index in [0.717, 1.165) is 18.5 Å².